The van der Waals surface area contributed by atoms with Crippen LogP contribution in [0.25, 0.3) is 0 Å². The van der Waals surface area contributed by atoms with E-state index in [9.17, 15) is 9.59 Å². The zero-order valence-corrected chi connectivity index (χ0v) is 13.6. The van der Waals surface area contributed by atoms with Gasteiger partial charge in [0.05, 0.1) is 13.5 Å². The number of aromatic nitrogens is 1. The fraction of sp³-hybridized carbons (Fsp3) is 0.533. The molecule has 1 aromatic rings. The van der Waals surface area contributed by atoms with Gasteiger partial charge < -0.3 is 9.64 Å². The summed E-state index contributed by atoms with van der Waals surface area (Å²) in [4.78, 5) is 29.5. The van der Waals surface area contributed by atoms with Crippen LogP contribution in [-0.4, -0.2) is 42.0 Å². The minimum Gasteiger partial charge on any atom is -0.469 e. The molecule has 0 aliphatic heterocycles. The van der Waals surface area contributed by atoms with Crippen molar-refractivity contribution in [2.75, 3.05) is 20.2 Å². The van der Waals surface area contributed by atoms with E-state index < -0.39 is 0 Å². The molecule has 1 rings (SSSR count). The van der Waals surface area contributed by atoms with Crippen molar-refractivity contribution in [1.29, 1.82) is 0 Å². The molecule has 0 aliphatic rings. The molecule has 0 bridgehead atoms. The van der Waals surface area contributed by atoms with E-state index in [0.29, 0.717) is 23.8 Å². The summed E-state index contributed by atoms with van der Waals surface area (Å²) in [6.45, 7) is 6.66. The van der Waals surface area contributed by atoms with Crippen molar-refractivity contribution < 1.29 is 14.3 Å². The van der Waals surface area contributed by atoms with Crippen molar-refractivity contribution in [3.8, 4) is 0 Å². The molecule has 0 N–H and O–H groups in total. The number of amides is 1. The number of ether oxygens (including phenoxy) is 1. The fourth-order valence-corrected chi connectivity index (χ4v) is 2.07. The third kappa shape index (κ3) is 5.01. The molecule has 0 aromatic carbocycles. The van der Waals surface area contributed by atoms with Crippen LogP contribution in [0.1, 0.15) is 49.2 Å². The number of carbonyl (C=O) groups is 2. The van der Waals surface area contributed by atoms with Gasteiger partial charge in [0.2, 0.25) is 0 Å². The number of carbonyl (C=O) groups excluding carboxylic acids is 2. The molecule has 1 heterocycles. The standard InChI is InChI=1S/C15H21ClN2O3/c1-5-18(7-6-14(19)21-4)15(20)11-8-12(10(2)3)17-13(16)9-11/h8-10H,5-7H2,1-4H3. The van der Waals surface area contributed by atoms with Gasteiger partial charge in [0.25, 0.3) is 5.91 Å². The second kappa shape index (κ2) is 7.98. The van der Waals surface area contributed by atoms with E-state index >= 15 is 0 Å². The van der Waals surface area contributed by atoms with Gasteiger partial charge in [-0.25, -0.2) is 4.98 Å². The summed E-state index contributed by atoms with van der Waals surface area (Å²) < 4.78 is 4.59. The summed E-state index contributed by atoms with van der Waals surface area (Å²) >= 11 is 5.98. The fourth-order valence-electron chi connectivity index (χ4n) is 1.85. The number of hydrogen-bond donors (Lipinski definition) is 0. The molecule has 116 valence electrons. The van der Waals surface area contributed by atoms with Gasteiger partial charge in [0.15, 0.2) is 0 Å². The minimum absolute atomic E-state index is 0.160. The number of esters is 1. The predicted molar refractivity (Wildman–Crippen MR) is 81.5 cm³/mol. The van der Waals surface area contributed by atoms with Crippen LogP contribution < -0.4 is 0 Å². The molecule has 0 atom stereocenters. The quantitative estimate of drug-likeness (QED) is 0.598. The maximum Gasteiger partial charge on any atom is 0.307 e. The average molecular weight is 313 g/mol. The van der Waals surface area contributed by atoms with Crippen molar-refractivity contribution in [3.63, 3.8) is 0 Å². The van der Waals surface area contributed by atoms with Crippen LogP contribution in [0.2, 0.25) is 5.15 Å². The third-order valence-electron chi connectivity index (χ3n) is 3.13. The molecule has 21 heavy (non-hydrogen) atoms. The summed E-state index contributed by atoms with van der Waals surface area (Å²) in [6, 6.07) is 3.30. The van der Waals surface area contributed by atoms with Crippen LogP contribution >= 0.6 is 11.6 Å². The SMILES string of the molecule is CCN(CCC(=O)OC)C(=O)c1cc(Cl)nc(C(C)C)c1. The normalized spacial score (nSPS) is 10.6. The highest BCUT2D eigenvalue weighted by Gasteiger charge is 2.18. The smallest absolute Gasteiger partial charge is 0.307 e. The number of nitrogens with zero attached hydrogens (tertiary/aromatic N) is 2. The first-order chi connectivity index (χ1) is 9.88. The molecule has 1 aromatic heterocycles. The lowest BCUT2D eigenvalue weighted by molar-refractivity contribution is -0.140. The molecule has 0 unspecified atom stereocenters. The number of halogens is 1. The van der Waals surface area contributed by atoms with Gasteiger partial charge >= 0.3 is 5.97 Å². The number of pyridine rings is 1. The van der Waals surface area contributed by atoms with Crippen LogP contribution in [-0.2, 0) is 9.53 Å². The lowest BCUT2D eigenvalue weighted by Gasteiger charge is -2.21. The number of rotatable bonds is 6. The summed E-state index contributed by atoms with van der Waals surface area (Å²) in [5.74, 6) is -0.315. The van der Waals surface area contributed by atoms with Crippen molar-refractivity contribution in [2.24, 2.45) is 0 Å². The summed E-state index contributed by atoms with van der Waals surface area (Å²) in [7, 11) is 1.33. The predicted octanol–water partition coefficient (Wildman–Crippen LogP) is 2.88. The van der Waals surface area contributed by atoms with E-state index in [1.807, 2.05) is 20.8 Å². The van der Waals surface area contributed by atoms with Crippen molar-refractivity contribution in [1.82, 2.24) is 9.88 Å². The van der Waals surface area contributed by atoms with Gasteiger partial charge in [-0.2, -0.15) is 0 Å². The second-order valence-corrected chi connectivity index (χ2v) is 5.36. The molecule has 0 saturated carbocycles. The Kier molecular flexibility index (Phi) is 6.62. The second-order valence-electron chi connectivity index (χ2n) is 4.97. The Morgan fingerprint density at radius 2 is 2.05 bits per heavy atom. The molecule has 0 saturated heterocycles. The molecule has 5 nitrogen and oxygen atoms in total. The summed E-state index contributed by atoms with van der Waals surface area (Å²) in [6.07, 6.45) is 0.173. The van der Waals surface area contributed by atoms with Crippen molar-refractivity contribution in [2.45, 2.75) is 33.1 Å². The Morgan fingerprint density at radius 3 is 2.57 bits per heavy atom. The van der Waals surface area contributed by atoms with E-state index in [2.05, 4.69) is 9.72 Å². The molecular weight excluding hydrogens is 292 g/mol. The molecule has 0 spiro atoms. The Morgan fingerprint density at radius 1 is 1.38 bits per heavy atom. The molecular formula is C15H21ClN2O3. The van der Waals surface area contributed by atoms with E-state index in [4.69, 9.17) is 11.6 Å². The van der Waals surface area contributed by atoms with E-state index in [1.54, 1.807) is 17.0 Å². The zero-order chi connectivity index (χ0) is 16.0. The van der Waals surface area contributed by atoms with Crippen molar-refractivity contribution in [3.05, 3.63) is 28.5 Å². The van der Waals surface area contributed by atoms with E-state index in [0.717, 1.165) is 5.69 Å². The molecule has 1 amide bonds. The summed E-state index contributed by atoms with van der Waals surface area (Å²) in [5.41, 5.74) is 1.26. The Labute approximate surface area is 130 Å². The highest BCUT2D eigenvalue weighted by Crippen LogP contribution is 2.19. The van der Waals surface area contributed by atoms with Crippen LogP contribution in [0.15, 0.2) is 12.1 Å². The molecule has 6 heteroatoms. The average Bonchev–Trinajstić information content (AvgIpc) is 2.46. The molecule has 0 fully saturated rings. The topological polar surface area (TPSA) is 59.5 Å². The highest BCUT2D eigenvalue weighted by atomic mass is 35.5. The molecule has 0 radical (unpaired) electrons. The van der Waals surface area contributed by atoms with Gasteiger partial charge in [0.1, 0.15) is 5.15 Å². The zero-order valence-electron chi connectivity index (χ0n) is 12.9. The van der Waals surface area contributed by atoms with Crippen LogP contribution in [0.4, 0.5) is 0 Å². The number of methoxy groups -OCH3 is 1. The van der Waals surface area contributed by atoms with Crippen LogP contribution in [0, 0.1) is 0 Å². The van der Waals surface area contributed by atoms with Crippen LogP contribution in [0.3, 0.4) is 0 Å². The first kappa shape index (κ1) is 17.4. The number of hydrogen-bond acceptors (Lipinski definition) is 4. The van der Waals surface area contributed by atoms with Crippen molar-refractivity contribution >= 4 is 23.5 Å². The largest absolute Gasteiger partial charge is 0.469 e. The van der Waals surface area contributed by atoms with Gasteiger partial charge in [-0.1, -0.05) is 25.4 Å². The van der Waals surface area contributed by atoms with E-state index in [1.165, 1.54) is 7.11 Å². The summed E-state index contributed by atoms with van der Waals surface area (Å²) in [5, 5.41) is 0.300. The van der Waals surface area contributed by atoms with Crippen LogP contribution in [0.5, 0.6) is 0 Å². The Balaban J connectivity index is 2.91. The third-order valence-corrected chi connectivity index (χ3v) is 3.33. The Hall–Kier alpha value is -1.62. The van der Waals surface area contributed by atoms with Gasteiger partial charge in [-0.05, 0) is 25.0 Å². The maximum absolute atomic E-state index is 12.5. The monoisotopic (exact) mass is 312 g/mol. The van der Waals surface area contributed by atoms with Gasteiger partial charge in [-0.15, -0.1) is 0 Å². The van der Waals surface area contributed by atoms with E-state index in [-0.39, 0.29) is 24.2 Å². The Bertz CT molecular complexity index is 518. The lowest BCUT2D eigenvalue weighted by Crippen LogP contribution is -2.33. The first-order valence-electron chi connectivity index (χ1n) is 6.92. The first-order valence-corrected chi connectivity index (χ1v) is 7.30. The maximum atomic E-state index is 12.5. The highest BCUT2D eigenvalue weighted by molar-refractivity contribution is 6.29. The van der Waals surface area contributed by atoms with Gasteiger partial charge in [-0.3, -0.25) is 9.59 Å². The minimum atomic E-state index is -0.336. The lowest BCUT2D eigenvalue weighted by atomic mass is 10.1. The molecule has 0 aliphatic carbocycles. The van der Waals surface area contributed by atoms with Gasteiger partial charge in [0, 0.05) is 24.3 Å².